The van der Waals surface area contributed by atoms with Crippen LogP contribution in [0.25, 0.3) is 0 Å². The first-order valence-corrected chi connectivity index (χ1v) is 8.39. The Balaban J connectivity index is 1.32. The highest BCUT2D eigenvalue weighted by atomic mass is 16.5. The normalized spacial score (nSPS) is 16.1. The van der Waals surface area contributed by atoms with Crippen LogP contribution in [0, 0.1) is 0 Å². The van der Waals surface area contributed by atoms with Gasteiger partial charge in [-0.25, -0.2) is 9.67 Å². The number of para-hydroxylation sites is 2. The van der Waals surface area contributed by atoms with Crippen LogP contribution >= 0.6 is 0 Å². The minimum absolute atomic E-state index is 0.0481. The summed E-state index contributed by atoms with van der Waals surface area (Å²) in [5.74, 6) is 2.31. The first-order valence-electron chi connectivity index (χ1n) is 8.39. The van der Waals surface area contributed by atoms with Gasteiger partial charge in [-0.2, -0.15) is 5.10 Å². The lowest BCUT2D eigenvalue weighted by atomic mass is 10.1. The molecule has 1 aliphatic heterocycles. The number of benzene rings is 1. The number of carbonyl (C=O) groups is 1. The highest BCUT2D eigenvalue weighted by Crippen LogP contribution is 2.25. The number of hydrogen-bond acceptors (Lipinski definition) is 6. The first kappa shape index (κ1) is 17.2. The van der Waals surface area contributed by atoms with Crippen molar-refractivity contribution >= 4 is 5.91 Å². The zero-order chi connectivity index (χ0) is 17.5. The zero-order valence-corrected chi connectivity index (χ0v) is 14.3. The van der Waals surface area contributed by atoms with E-state index in [1.165, 1.54) is 0 Å². The predicted molar refractivity (Wildman–Crippen MR) is 91.6 cm³/mol. The first-order chi connectivity index (χ1) is 12.3. The number of rotatable bonds is 8. The number of aryl methyl sites for hydroxylation is 1. The van der Waals surface area contributed by atoms with Crippen molar-refractivity contribution in [1.82, 2.24) is 25.4 Å². The fourth-order valence-electron chi connectivity index (χ4n) is 2.79. The van der Waals surface area contributed by atoms with Crippen molar-refractivity contribution in [2.45, 2.75) is 25.4 Å². The van der Waals surface area contributed by atoms with E-state index in [1.807, 2.05) is 28.9 Å². The van der Waals surface area contributed by atoms with Gasteiger partial charge in [-0.05, 0) is 18.6 Å². The quantitative estimate of drug-likeness (QED) is 0.673. The Morgan fingerprint density at radius 3 is 3.04 bits per heavy atom. The monoisotopic (exact) mass is 345 g/mol. The van der Waals surface area contributed by atoms with Crippen molar-refractivity contribution in [3.05, 3.63) is 36.4 Å². The van der Waals surface area contributed by atoms with Gasteiger partial charge in [0, 0.05) is 12.5 Å². The molecule has 2 N–H and O–H groups in total. The van der Waals surface area contributed by atoms with Crippen LogP contribution in [-0.2, 0) is 17.8 Å². The smallest absolute Gasteiger partial charge is 0.234 e. The van der Waals surface area contributed by atoms with Gasteiger partial charge in [-0.15, -0.1) is 0 Å². The molecule has 1 amide bonds. The van der Waals surface area contributed by atoms with Crippen LogP contribution in [0.2, 0.25) is 0 Å². The van der Waals surface area contributed by atoms with Gasteiger partial charge in [0.05, 0.1) is 26.7 Å². The lowest BCUT2D eigenvalue weighted by Crippen LogP contribution is -2.44. The van der Waals surface area contributed by atoms with E-state index in [4.69, 9.17) is 9.47 Å². The molecule has 3 rings (SSSR count). The molecule has 25 heavy (non-hydrogen) atoms. The van der Waals surface area contributed by atoms with Crippen LogP contribution in [0.4, 0.5) is 0 Å². The van der Waals surface area contributed by atoms with E-state index in [2.05, 4.69) is 20.7 Å². The summed E-state index contributed by atoms with van der Waals surface area (Å²) in [6, 6.07) is 7.68. The van der Waals surface area contributed by atoms with Gasteiger partial charge >= 0.3 is 0 Å². The molecule has 0 aliphatic carbocycles. The molecule has 1 unspecified atom stereocenters. The van der Waals surface area contributed by atoms with Crippen molar-refractivity contribution in [3.8, 4) is 11.5 Å². The Morgan fingerprint density at radius 1 is 1.36 bits per heavy atom. The Bertz CT molecular complexity index is 703. The maximum absolute atomic E-state index is 11.9. The van der Waals surface area contributed by atoms with Gasteiger partial charge in [0.25, 0.3) is 0 Å². The molecule has 0 spiro atoms. The molecule has 0 bridgehead atoms. The van der Waals surface area contributed by atoms with Gasteiger partial charge < -0.3 is 20.1 Å². The van der Waals surface area contributed by atoms with Crippen LogP contribution in [-0.4, -0.2) is 53.5 Å². The summed E-state index contributed by atoms with van der Waals surface area (Å²) in [6.45, 7) is 1.86. The molecule has 0 fully saturated rings. The van der Waals surface area contributed by atoms with E-state index in [0.29, 0.717) is 24.7 Å². The number of aromatic nitrogens is 3. The third-order valence-electron chi connectivity index (χ3n) is 4.11. The van der Waals surface area contributed by atoms with E-state index in [1.54, 1.807) is 13.4 Å². The second kappa shape index (κ2) is 8.48. The van der Waals surface area contributed by atoms with Crippen molar-refractivity contribution in [1.29, 1.82) is 0 Å². The number of nitrogens with zero attached hydrogens (tertiary/aromatic N) is 3. The topological polar surface area (TPSA) is 90.3 Å². The third kappa shape index (κ3) is 4.69. The lowest BCUT2D eigenvalue weighted by Gasteiger charge is -2.23. The Morgan fingerprint density at radius 2 is 2.20 bits per heavy atom. The van der Waals surface area contributed by atoms with Crippen molar-refractivity contribution in [3.63, 3.8) is 0 Å². The van der Waals surface area contributed by atoms with Gasteiger partial charge in [-0.1, -0.05) is 12.1 Å². The highest BCUT2D eigenvalue weighted by Gasteiger charge is 2.19. The average Bonchev–Trinajstić information content (AvgIpc) is 3.11. The fourth-order valence-corrected chi connectivity index (χ4v) is 2.79. The summed E-state index contributed by atoms with van der Waals surface area (Å²) in [5.41, 5.74) is 0. The number of methoxy groups -OCH3 is 1. The van der Waals surface area contributed by atoms with Crippen LogP contribution in [0.15, 0.2) is 30.6 Å². The van der Waals surface area contributed by atoms with Crippen LogP contribution in [0.1, 0.15) is 12.2 Å². The molecule has 134 valence electrons. The number of fused-ring (bicyclic) bond motifs is 1. The van der Waals surface area contributed by atoms with Gasteiger partial charge in [0.1, 0.15) is 18.8 Å². The molecule has 0 saturated heterocycles. The van der Waals surface area contributed by atoms with E-state index < -0.39 is 0 Å². The molecular weight excluding hydrogens is 322 g/mol. The van der Waals surface area contributed by atoms with Gasteiger partial charge in [0.15, 0.2) is 11.5 Å². The summed E-state index contributed by atoms with van der Waals surface area (Å²) < 4.78 is 12.7. The standard InChI is InChI=1S/C17H23N5O3/c1-24-14-4-2-3-5-15(14)25-9-8-18-17(23)10-19-13-6-7-16-20-12-21-22(16)11-13/h2-5,12-13,19H,6-11H2,1H3,(H,18,23). The molecule has 2 aromatic rings. The Kier molecular flexibility index (Phi) is 5.84. The number of hydrogen-bond donors (Lipinski definition) is 2. The summed E-state index contributed by atoms with van der Waals surface area (Å²) in [7, 11) is 1.60. The summed E-state index contributed by atoms with van der Waals surface area (Å²) in [5, 5.41) is 10.3. The second-order valence-electron chi connectivity index (χ2n) is 5.82. The second-order valence-corrected chi connectivity index (χ2v) is 5.82. The van der Waals surface area contributed by atoms with Crippen LogP contribution in [0.5, 0.6) is 11.5 Å². The Hall–Kier alpha value is -2.61. The number of ether oxygens (including phenoxy) is 2. The summed E-state index contributed by atoms with van der Waals surface area (Å²) in [6.07, 6.45) is 3.42. The molecule has 1 atom stereocenters. The SMILES string of the molecule is COc1ccccc1OCCNC(=O)CNC1CCc2ncnn2C1. The molecular formula is C17H23N5O3. The van der Waals surface area contributed by atoms with Crippen molar-refractivity contribution in [2.75, 3.05) is 26.8 Å². The van der Waals surface area contributed by atoms with Crippen molar-refractivity contribution in [2.24, 2.45) is 0 Å². The molecule has 0 saturated carbocycles. The lowest BCUT2D eigenvalue weighted by molar-refractivity contribution is -0.120. The molecule has 1 aromatic heterocycles. The third-order valence-corrected chi connectivity index (χ3v) is 4.11. The number of carbonyl (C=O) groups excluding carboxylic acids is 1. The van der Waals surface area contributed by atoms with Crippen molar-refractivity contribution < 1.29 is 14.3 Å². The number of nitrogens with one attached hydrogen (secondary N) is 2. The molecule has 1 aromatic carbocycles. The molecule has 1 aliphatic rings. The highest BCUT2D eigenvalue weighted by molar-refractivity contribution is 5.77. The van der Waals surface area contributed by atoms with Gasteiger partial charge in [0.2, 0.25) is 5.91 Å². The largest absolute Gasteiger partial charge is 0.493 e. The average molecular weight is 345 g/mol. The molecule has 0 radical (unpaired) electrons. The number of amides is 1. The fraction of sp³-hybridized carbons (Fsp3) is 0.471. The summed E-state index contributed by atoms with van der Waals surface area (Å²) >= 11 is 0. The Labute approximate surface area is 146 Å². The minimum Gasteiger partial charge on any atom is -0.493 e. The van der Waals surface area contributed by atoms with E-state index >= 15 is 0 Å². The van der Waals surface area contributed by atoms with Gasteiger partial charge in [-0.3, -0.25) is 4.79 Å². The minimum atomic E-state index is -0.0481. The zero-order valence-electron chi connectivity index (χ0n) is 14.3. The molecule has 2 heterocycles. The maximum atomic E-state index is 11.9. The summed E-state index contributed by atoms with van der Waals surface area (Å²) in [4.78, 5) is 16.1. The van der Waals surface area contributed by atoms with Crippen LogP contribution in [0.3, 0.4) is 0 Å². The van der Waals surface area contributed by atoms with E-state index in [-0.39, 0.29) is 18.5 Å². The van der Waals surface area contributed by atoms with Crippen LogP contribution < -0.4 is 20.1 Å². The van der Waals surface area contributed by atoms with E-state index in [0.717, 1.165) is 25.2 Å². The predicted octanol–water partition coefficient (Wildman–Crippen LogP) is 0.386. The molecule has 8 heteroatoms. The van der Waals surface area contributed by atoms with E-state index in [9.17, 15) is 4.79 Å². The maximum Gasteiger partial charge on any atom is 0.234 e. The molecule has 8 nitrogen and oxygen atoms in total.